The maximum atomic E-state index is 4.58. The van der Waals surface area contributed by atoms with Gasteiger partial charge in [-0.2, -0.15) is 0 Å². The van der Waals surface area contributed by atoms with Gasteiger partial charge in [-0.05, 0) is 49.9 Å². The van der Waals surface area contributed by atoms with Crippen LogP contribution in [0, 0.1) is 5.92 Å². The van der Waals surface area contributed by atoms with Gasteiger partial charge in [0.25, 0.3) is 0 Å². The molecule has 2 N–H and O–H groups in total. The standard InChI is InChI=1S/C17H25BrN4/c1-3-19-17(21-16-10-12(16)2)20-14-8-9-22(11-14)15-6-4-13(18)5-7-15/h4-7,12,14,16H,3,8-11H2,1-2H3,(H2,19,20,21). The summed E-state index contributed by atoms with van der Waals surface area (Å²) in [6, 6.07) is 9.65. The predicted octanol–water partition coefficient (Wildman–Crippen LogP) is 2.99. The predicted molar refractivity (Wildman–Crippen MR) is 96.6 cm³/mol. The molecule has 22 heavy (non-hydrogen) atoms. The molecule has 0 amide bonds. The van der Waals surface area contributed by atoms with E-state index in [2.05, 4.69) is 74.6 Å². The lowest BCUT2D eigenvalue weighted by atomic mass is 10.2. The van der Waals surface area contributed by atoms with Crippen LogP contribution in [0.3, 0.4) is 0 Å². The molecule has 1 aliphatic carbocycles. The van der Waals surface area contributed by atoms with Crippen LogP contribution in [-0.4, -0.2) is 37.7 Å². The maximum Gasteiger partial charge on any atom is 0.191 e. The monoisotopic (exact) mass is 364 g/mol. The molecule has 0 spiro atoms. The molecule has 3 unspecified atom stereocenters. The van der Waals surface area contributed by atoms with E-state index in [0.29, 0.717) is 12.1 Å². The van der Waals surface area contributed by atoms with Gasteiger partial charge in [-0.15, -0.1) is 0 Å². The average Bonchev–Trinajstić information content (AvgIpc) is 2.99. The van der Waals surface area contributed by atoms with Gasteiger partial charge in [0.05, 0.1) is 0 Å². The third kappa shape index (κ3) is 3.94. The minimum absolute atomic E-state index is 0.468. The normalized spacial score (nSPS) is 27.9. The van der Waals surface area contributed by atoms with Gasteiger partial charge in [0.2, 0.25) is 0 Å². The Hall–Kier alpha value is -1.23. The second kappa shape index (κ2) is 6.90. The Bertz CT molecular complexity index is 528. The fourth-order valence-electron chi connectivity index (χ4n) is 2.95. The van der Waals surface area contributed by atoms with Crippen LogP contribution in [0.1, 0.15) is 26.7 Å². The van der Waals surface area contributed by atoms with E-state index in [1.54, 1.807) is 0 Å². The summed E-state index contributed by atoms with van der Waals surface area (Å²) >= 11 is 3.49. The van der Waals surface area contributed by atoms with E-state index in [4.69, 9.17) is 0 Å². The van der Waals surface area contributed by atoms with Crippen molar-refractivity contribution in [3.05, 3.63) is 28.7 Å². The van der Waals surface area contributed by atoms with Crippen LogP contribution in [0.15, 0.2) is 33.7 Å². The zero-order chi connectivity index (χ0) is 15.5. The molecule has 1 aromatic rings. The van der Waals surface area contributed by atoms with E-state index in [-0.39, 0.29) is 0 Å². The Morgan fingerprint density at radius 3 is 2.68 bits per heavy atom. The number of rotatable bonds is 4. The van der Waals surface area contributed by atoms with Crippen molar-refractivity contribution < 1.29 is 0 Å². The zero-order valence-corrected chi connectivity index (χ0v) is 14.9. The van der Waals surface area contributed by atoms with Gasteiger partial charge < -0.3 is 15.5 Å². The number of hydrogen-bond acceptors (Lipinski definition) is 2. The number of halogens is 1. The van der Waals surface area contributed by atoms with Crippen molar-refractivity contribution in [1.82, 2.24) is 10.6 Å². The number of anilines is 1. The molecule has 0 aromatic heterocycles. The number of nitrogens with zero attached hydrogens (tertiary/aromatic N) is 2. The molecule has 1 aromatic carbocycles. The zero-order valence-electron chi connectivity index (χ0n) is 13.3. The molecular weight excluding hydrogens is 340 g/mol. The Balaban J connectivity index is 1.55. The fraction of sp³-hybridized carbons (Fsp3) is 0.588. The van der Waals surface area contributed by atoms with E-state index in [1.807, 2.05) is 0 Å². The van der Waals surface area contributed by atoms with Gasteiger partial charge in [0.1, 0.15) is 0 Å². The molecule has 120 valence electrons. The Kier molecular flexibility index (Phi) is 4.91. The van der Waals surface area contributed by atoms with Crippen LogP contribution in [0.2, 0.25) is 0 Å². The minimum Gasteiger partial charge on any atom is -0.369 e. The summed E-state index contributed by atoms with van der Waals surface area (Å²) in [6.45, 7) is 7.32. The second-order valence-corrected chi connectivity index (χ2v) is 7.25. The third-order valence-electron chi connectivity index (χ3n) is 4.47. The van der Waals surface area contributed by atoms with Crippen LogP contribution in [0.5, 0.6) is 0 Å². The summed E-state index contributed by atoms with van der Waals surface area (Å²) in [4.78, 5) is 7.02. The molecule has 1 heterocycles. The van der Waals surface area contributed by atoms with Gasteiger partial charge >= 0.3 is 0 Å². The van der Waals surface area contributed by atoms with Gasteiger partial charge in [-0.25, -0.2) is 0 Å². The molecule has 2 fully saturated rings. The summed E-state index contributed by atoms with van der Waals surface area (Å²) < 4.78 is 1.13. The summed E-state index contributed by atoms with van der Waals surface area (Å²) in [5, 5.41) is 7.15. The highest BCUT2D eigenvalue weighted by Gasteiger charge is 2.34. The SMILES string of the molecule is CCN=C(NC1CCN(c2ccc(Br)cc2)C1)NC1CC1C. The quantitative estimate of drug-likeness (QED) is 0.637. The average molecular weight is 365 g/mol. The molecule has 5 heteroatoms. The van der Waals surface area contributed by atoms with E-state index < -0.39 is 0 Å². The first-order valence-corrected chi connectivity index (χ1v) is 9.03. The molecule has 0 radical (unpaired) electrons. The number of guanidine groups is 1. The van der Waals surface area contributed by atoms with Crippen molar-refractivity contribution in [2.75, 3.05) is 24.5 Å². The summed E-state index contributed by atoms with van der Waals surface area (Å²) in [5.74, 6) is 1.77. The van der Waals surface area contributed by atoms with Crippen molar-refractivity contribution >= 4 is 27.6 Å². The molecule has 1 aliphatic heterocycles. The number of nitrogens with one attached hydrogen (secondary N) is 2. The van der Waals surface area contributed by atoms with Crippen LogP contribution in [-0.2, 0) is 0 Å². The fourth-order valence-corrected chi connectivity index (χ4v) is 3.21. The minimum atomic E-state index is 0.468. The highest BCUT2D eigenvalue weighted by Crippen LogP contribution is 2.29. The molecular formula is C17H25BrN4. The molecule has 3 atom stereocenters. The van der Waals surface area contributed by atoms with Crippen LogP contribution in [0.25, 0.3) is 0 Å². The molecule has 4 nitrogen and oxygen atoms in total. The molecule has 1 saturated carbocycles. The van der Waals surface area contributed by atoms with Gasteiger partial charge in [-0.1, -0.05) is 22.9 Å². The van der Waals surface area contributed by atoms with Crippen molar-refractivity contribution in [1.29, 1.82) is 0 Å². The Morgan fingerprint density at radius 2 is 2.05 bits per heavy atom. The highest BCUT2D eigenvalue weighted by atomic mass is 79.9. The largest absolute Gasteiger partial charge is 0.369 e. The topological polar surface area (TPSA) is 39.7 Å². The van der Waals surface area contributed by atoms with Crippen molar-refractivity contribution in [3.63, 3.8) is 0 Å². The smallest absolute Gasteiger partial charge is 0.191 e. The van der Waals surface area contributed by atoms with Crippen LogP contribution >= 0.6 is 15.9 Å². The summed E-state index contributed by atoms with van der Waals surface area (Å²) in [5.41, 5.74) is 1.30. The van der Waals surface area contributed by atoms with Crippen molar-refractivity contribution in [2.24, 2.45) is 10.9 Å². The maximum absolute atomic E-state index is 4.58. The summed E-state index contributed by atoms with van der Waals surface area (Å²) in [7, 11) is 0. The van der Waals surface area contributed by atoms with Crippen molar-refractivity contribution in [3.8, 4) is 0 Å². The first-order chi connectivity index (χ1) is 10.7. The van der Waals surface area contributed by atoms with Crippen LogP contribution < -0.4 is 15.5 Å². The van der Waals surface area contributed by atoms with E-state index >= 15 is 0 Å². The van der Waals surface area contributed by atoms with Gasteiger partial charge in [0, 0.05) is 41.9 Å². The van der Waals surface area contributed by atoms with Gasteiger partial charge in [0.15, 0.2) is 5.96 Å². The van der Waals surface area contributed by atoms with E-state index in [1.165, 1.54) is 12.1 Å². The molecule has 1 saturated heterocycles. The van der Waals surface area contributed by atoms with E-state index in [0.717, 1.165) is 42.4 Å². The lowest BCUT2D eigenvalue weighted by Crippen LogP contribution is -2.45. The molecule has 2 aliphatic rings. The lowest BCUT2D eigenvalue weighted by molar-refractivity contribution is 0.641. The first-order valence-electron chi connectivity index (χ1n) is 8.23. The van der Waals surface area contributed by atoms with Crippen molar-refractivity contribution in [2.45, 2.75) is 38.8 Å². The lowest BCUT2D eigenvalue weighted by Gasteiger charge is -2.20. The third-order valence-corrected chi connectivity index (χ3v) is 5.00. The first kappa shape index (κ1) is 15.7. The summed E-state index contributed by atoms with van der Waals surface area (Å²) in [6.07, 6.45) is 2.42. The number of benzene rings is 1. The Labute approximate surface area is 141 Å². The number of hydrogen-bond donors (Lipinski definition) is 2. The molecule has 0 bridgehead atoms. The van der Waals surface area contributed by atoms with E-state index in [9.17, 15) is 0 Å². The Morgan fingerprint density at radius 1 is 1.32 bits per heavy atom. The second-order valence-electron chi connectivity index (χ2n) is 6.34. The molecule has 3 rings (SSSR count). The highest BCUT2D eigenvalue weighted by molar-refractivity contribution is 9.10. The van der Waals surface area contributed by atoms with Crippen LogP contribution in [0.4, 0.5) is 5.69 Å². The van der Waals surface area contributed by atoms with Gasteiger partial charge in [-0.3, -0.25) is 4.99 Å². The number of aliphatic imine (C=N–C) groups is 1.